The van der Waals surface area contributed by atoms with Crippen LogP contribution in [-0.2, 0) is 6.54 Å². The Labute approximate surface area is 123 Å². The smallest absolute Gasteiger partial charge is 0.123 e. The fourth-order valence-corrected chi connectivity index (χ4v) is 2.50. The molecule has 0 aromatic heterocycles. The Hall–Kier alpha value is -0.620. The van der Waals surface area contributed by atoms with Crippen molar-refractivity contribution in [2.45, 2.75) is 19.1 Å². The number of ether oxygens (including phenoxy) is 1. The van der Waals surface area contributed by atoms with Gasteiger partial charge in [-0.05, 0) is 39.2 Å². The molecule has 108 valence electrons. The van der Waals surface area contributed by atoms with Crippen molar-refractivity contribution in [2.75, 3.05) is 34.3 Å². The van der Waals surface area contributed by atoms with Crippen LogP contribution in [0.15, 0.2) is 22.7 Å². The average Bonchev–Trinajstić information content (AvgIpc) is 2.27. The van der Waals surface area contributed by atoms with Gasteiger partial charge in [0.2, 0.25) is 0 Å². The normalized spacial score (nSPS) is 14.5. The van der Waals surface area contributed by atoms with Crippen LogP contribution < -0.4 is 10.1 Å². The second kappa shape index (κ2) is 7.24. The molecule has 0 saturated heterocycles. The van der Waals surface area contributed by atoms with E-state index >= 15 is 0 Å². The lowest BCUT2D eigenvalue weighted by molar-refractivity contribution is 0.0335. The van der Waals surface area contributed by atoms with Crippen LogP contribution in [0.1, 0.15) is 12.5 Å². The molecule has 0 aliphatic heterocycles. The molecule has 19 heavy (non-hydrogen) atoms. The molecule has 1 unspecified atom stereocenters. The Morgan fingerprint density at radius 1 is 1.42 bits per heavy atom. The minimum atomic E-state index is -0.747. The maximum atomic E-state index is 10.2. The third-order valence-corrected chi connectivity index (χ3v) is 3.21. The van der Waals surface area contributed by atoms with Gasteiger partial charge < -0.3 is 20.1 Å². The number of methoxy groups -OCH3 is 1. The predicted molar refractivity (Wildman–Crippen MR) is 81.6 cm³/mol. The third-order valence-electron chi connectivity index (χ3n) is 2.72. The molecular weight excluding hydrogens is 308 g/mol. The summed E-state index contributed by atoms with van der Waals surface area (Å²) in [6, 6.07) is 5.90. The van der Waals surface area contributed by atoms with Gasteiger partial charge in [-0.2, -0.15) is 0 Å². The molecule has 0 aliphatic rings. The highest BCUT2D eigenvalue weighted by Gasteiger charge is 2.20. The Kier molecular flexibility index (Phi) is 6.26. The minimum Gasteiger partial charge on any atom is -0.496 e. The van der Waals surface area contributed by atoms with Gasteiger partial charge in [0, 0.05) is 29.7 Å². The summed E-state index contributed by atoms with van der Waals surface area (Å²) in [5.41, 5.74) is 0.320. The van der Waals surface area contributed by atoms with Crippen LogP contribution in [0.25, 0.3) is 0 Å². The van der Waals surface area contributed by atoms with Gasteiger partial charge in [0.25, 0.3) is 0 Å². The van der Waals surface area contributed by atoms with E-state index in [0.29, 0.717) is 19.6 Å². The number of rotatable bonds is 7. The lowest BCUT2D eigenvalue weighted by atomic mass is 10.1. The molecule has 1 aromatic rings. The fraction of sp³-hybridized carbons (Fsp3) is 0.571. The summed E-state index contributed by atoms with van der Waals surface area (Å²) in [6.45, 7) is 3.64. The van der Waals surface area contributed by atoms with Gasteiger partial charge in [0.05, 0.1) is 12.7 Å². The third kappa shape index (κ3) is 5.91. The summed E-state index contributed by atoms with van der Waals surface area (Å²) in [7, 11) is 5.56. The van der Waals surface area contributed by atoms with Crippen LogP contribution in [0.3, 0.4) is 0 Å². The SMILES string of the molecule is COc1ccc(Br)cc1CNCC(C)(O)CN(C)C. The van der Waals surface area contributed by atoms with Crippen molar-refractivity contribution in [1.82, 2.24) is 10.2 Å². The highest BCUT2D eigenvalue weighted by atomic mass is 79.9. The lowest BCUT2D eigenvalue weighted by Crippen LogP contribution is -2.45. The fourth-order valence-electron chi connectivity index (χ4n) is 2.09. The van der Waals surface area contributed by atoms with Crippen LogP contribution in [0.4, 0.5) is 0 Å². The van der Waals surface area contributed by atoms with E-state index in [1.807, 2.05) is 44.1 Å². The zero-order chi connectivity index (χ0) is 14.5. The van der Waals surface area contributed by atoms with Crippen LogP contribution in [-0.4, -0.2) is 49.9 Å². The first-order valence-electron chi connectivity index (χ1n) is 6.24. The first-order valence-corrected chi connectivity index (χ1v) is 7.03. The molecule has 0 fully saturated rings. The second-order valence-electron chi connectivity index (χ2n) is 5.29. The van der Waals surface area contributed by atoms with Crippen LogP contribution >= 0.6 is 15.9 Å². The molecule has 0 aliphatic carbocycles. The highest BCUT2D eigenvalue weighted by molar-refractivity contribution is 9.10. The van der Waals surface area contributed by atoms with Crippen LogP contribution in [0.2, 0.25) is 0 Å². The molecule has 0 heterocycles. The molecule has 1 aromatic carbocycles. The molecule has 0 radical (unpaired) electrons. The standard InChI is InChI=1S/C14H23BrN2O2/c1-14(18,10-17(2)3)9-16-8-11-7-12(15)5-6-13(11)19-4/h5-7,16,18H,8-10H2,1-4H3. The highest BCUT2D eigenvalue weighted by Crippen LogP contribution is 2.22. The second-order valence-corrected chi connectivity index (χ2v) is 6.21. The molecule has 0 amide bonds. The molecule has 4 nitrogen and oxygen atoms in total. The maximum absolute atomic E-state index is 10.2. The summed E-state index contributed by atoms with van der Waals surface area (Å²) in [4.78, 5) is 1.97. The van der Waals surface area contributed by atoms with E-state index in [9.17, 15) is 5.11 Å². The number of likely N-dealkylation sites (N-methyl/N-ethyl adjacent to an activating group) is 1. The number of nitrogens with one attached hydrogen (secondary N) is 1. The first-order chi connectivity index (χ1) is 8.84. The van der Waals surface area contributed by atoms with Crippen LogP contribution in [0, 0.1) is 0 Å². The number of halogens is 1. The van der Waals surface area contributed by atoms with E-state index in [1.54, 1.807) is 7.11 Å². The lowest BCUT2D eigenvalue weighted by Gasteiger charge is -2.27. The van der Waals surface area contributed by atoms with Gasteiger partial charge >= 0.3 is 0 Å². The van der Waals surface area contributed by atoms with Crippen molar-refractivity contribution in [1.29, 1.82) is 0 Å². The number of hydrogen-bond acceptors (Lipinski definition) is 4. The summed E-state index contributed by atoms with van der Waals surface area (Å²) in [6.07, 6.45) is 0. The van der Waals surface area contributed by atoms with Gasteiger partial charge in [-0.1, -0.05) is 15.9 Å². The summed E-state index contributed by atoms with van der Waals surface area (Å²) in [5.74, 6) is 0.850. The van der Waals surface area contributed by atoms with Crippen molar-refractivity contribution >= 4 is 15.9 Å². The molecule has 5 heteroatoms. The summed E-state index contributed by atoms with van der Waals surface area (Å²) >= 11 is 3.45. The van der Waals surface area contributed by atoms with E-state index in [1.165, 1.54) is 0 Å². The molecule has 0 spiro atoms. The molecule has 1 atom stereocenters. The molecular formula is C14H23BrN2O2. The largest absolute Gasteiger partial charge is 0.496 e. The summed E-state index contributed by atoms with van der Waals surface area (Å²) < 4.78 is 6.33. The number of benzene rings is 1. The van der Waals surface area contributed by atoms with E-state index in [-0.39, 0.29) is 0 Å². The van der Waals surface area contributed by atoms with Gasteiger partial charge in [0.1, 0.15) is 5.75 Å². The Morgan fingerprint density at radius 2 is 2.11 bits per heavy atom. The van der Waals surface area contributed by atoms with E-state index in [0.717, 1.165) is 15.8 Å². The maximum Gasteiger partial charge on any atom is 0.123 e. The van der Waals surface area contributed by atoms with E-state index in [4.69, 9.17) is 4.74 Å². The van der Waals surface area contributed by atoms with Gasteiger partial charge in [-0.15, -0.1) is 0 Å². The molecule has 1 rings (SSSR count). The zero-order valence-electron chi connectivity index (χ0n) is 12.0. The Morgan fingerprint density at radius 3 is 2.68 bits per heavy atom. The van der Waals surface area contributed by atoms with Crippen molar-refractivity contribution in [3.63, 3.8) is 0 Å². The molecule has 0 bridgehead atoms. The average molecular weight is 331 g/mol. The number of hydrogen-bond donors (Lipinski definition) is 2. The van der Waals surface area contributed by atoms with Crippen molar-refractivity contribution < 1.29 is 9.84 Å². The Balaban J connectivity index is 2.55. The van der Waals surface area contributed by atoms with Gasteiger partial charge in [-0.3, -0.25) is 0 Å². The van der Waals surface area contributed by atoms with Crippen molar-refractivity contribution in [3.8, 4) is 5.75 Å². The molecule has 2 N–H and O–H groups in total. The van der Waals surface area contributed by atoms with Crippen molar-refractivity contribution in [3.05, 3.63) is 28.2 Å². The first kappa shape index (κ1) is 16.4. The quantitative estimate of drug-likeness (QED) is 0.801. The van der Waals surface area contributed by atoms with E-state index < -0.39 is 5.60 Å². The van der Waals surface area contributed by atoms with Crippen molar-refractivity contribution in [2.24, 2.45) is 0 Å². The topological polar surface area (TPSA) is 44.7 Å². The summed E-state index contributed by atoms with van der Waals surface area (Å²) in [5, 5.41) is 13.5. The number of aliphatic hydroxyl groups is 1. The minimum absolute atomic E-state index is 0.529. The molecule has 0 saturated carbocycles. The monoisotopic (exact) mass is 330 g/mol. The van der Waals surface area contributed by atoms with Gasteiger partial charge in [0.15, 0.2) is 0 Å². The predicted octanol–water partition coefficient (Wildman–Crippen LogP) is 1.86. The Bertz CT molecular complexity index is 408. The number of nitrogens with zero attached hydrogens (tertiary/aromatic N) is 1. The zero-order valence-corrected chi connectivity index (χ0v) is 13.6. The van der Waals surface area contributed by atoms with E-state index in [2.05, 4.69) is 21.2 Å². The van der Waals surface area contributed by atoms with Crippen LogP contribution in [0.5, 0.6) is 5.75 Å². The van der Waals surface area contributed by atoms with Gasteiger partial charge in [-0.25, -0.2) is 0 Å².